The van der Waals surface area contributed by atoms with Crippen molar-refractivity contribution in [3.63, 3.8) is 0 Å². The second kappa shape index (κ2) is 6.80. The predicted molar refractivity (Wildman–Crippen MR) is 119 cm³/mol. The number of para-hydroxylation sites is 2. The Kier molecular flexibility index (Phi) is 4.65. The van der Waals surface area contributed by atoms with Gasteiger partial charge in [0.15, 0.2) is 5.78 Å². The molecule has 2 bridgehead atoms. The smallest absolute Gasteiger partial charge is 0.239 e. The summed E-state index contributed by atoms with van der Waals surface area (Å²) in [6.07, 6.45) is 1.26. The van der Waals surface area contributed by atoms with Gasteiger partial charge in [-0.25, -0.2) is 0 Å². The summed E-state index contributed by atoms with van der Waals surface area (Å²) < 4.78 is 0.786. The molecule has 0 aromatic heterocycles. The van der Waals surface area contributed by atoms with Crippen molar-refractivity contribution in [1.29, 1.82) is 0 Å². The van der Waals surface area contributed by atoms with E-state index in [2.05, 4.69) is 38.7 Å². The monoisotopic (exact) mass is 453 g/mol. The van der Waals surface area contributed by atoms with Crippen molar-refractivity contribution in [2.45, 2.75) is 33.6 Å². The van der Waals surface area contributed by atoms with Gasteiger partial charge >= 0.3 is 0 Å². The van der Waals surface area contributed by atoms with Crippen LogP contribution >= 0.6 is 15.9 Å². The molecule has 2 aliphatic carbocycles. The van der Waals surface area contributed by atoms with E-state index >= 15 is 0 Å². The van der Waals surface area contributed by atoms with Gasteiger partial charge in [-0.1, -0.05) is 51.1 Å². The number of nitrogens with one attached hydrogen (secondary N) is 2. The molecule has 2 N–H and O–H groups in total. The number of amides is 1. The minimum Gasteiger partial charge on any atom is -0.324 e. The normalized spacial score (nSPS) is 28.6. The van der Waals surface area contributed by atoms with Crippen LogP contribution in [0.2, 0.25) is 0 Å². The van der Waals surface area contributed by atoms with Crippen LogP contribution in [0.5, 0.6) is 0 Å². The van der Waals surface area contributed by atoms with Crippen molar-refractivity contribution in [3.05, 3.63) is 59.1 Å². The van der Waals surface area contributed by atoms with Crippen molar-refractivity contribution in [2.24, 2.45) is 21.3 Å². The largest absolute Gasteiger partial charge is 0.324 e. The number of hydrazone groups is 1. The Morgan fingerprint density at radius 1 is 1.00 bits per heavy atom. The third-order valence-electron chi connectivity index (χ3n) is 7.15. The standard InChI is InChI=1S/C23H24BrN3O2/c1-21(2)22(3)13-14-23(21,20(29)25-17-12-8-7-11-16(17)24)19(28)18(22)27-26-15-9-5-4-6-10-15/h4-12,26H,13-14H2,1-3H3,(H,25,29)/b27-18+. The summed E-state index contributed by atoms with van der Waals surface area (Å²) >= 11 is 3.47. The molecule has 0 heterocycles. The minimum atomic E-state index is -1.13. The molecule has 4 rings (SSSR count). The maximum atomic E-state index is 13.6. The van der Waals surface area contributed by atoms with E-state index in [9.17, 15) is 9.59 Å². The first-order valence-electron chi connectivity index (χ1n) is 9.74. The second-order valence-electron chi connectivity index (χ2n) is 8.56. The number of carbonyl (C=O) groups is 2. The number of Topliss-reactive ketones (excluding diaryl/α,β-unsaturated/α-hetero) is 1. The highest BCUT2D eigenvalue weighted by atomic mass is 79.9. The van der Waals surface area contributed by atoms with Gasteiger partial charge in [0, 0.05) is 9.89 Å². The second-order valence-corrected chi connectivity index (χ2v) is 9.42. The van der Waals surface area contributed by atoms with Gasteiger partial charge in [0.2, 0.25) is 5.91 Å². The van der Waals surface area contributed by atoms with E-state index in [-0.39, 0.29) is 11.7 Å². The molecule has 6 heteroatoms. The summed E-state index contributed by atoms with van der Waals surface area (Å²) in [5.41, 5.74) is 2.78. The molecule has 0 spiro atoms. The van der Waals surface area contributed by atoms with Crippen LogP contribution in [0.25, 0.3) is 0 Å². The van der Waals surface area contributed by atoms with Gasteiger partial charge in [-0.15, -0.1) is 0 Å². The van der Waals surface area contributed by atoms with E-state index in [1.54, 1.807) is 0 Å². The predicted octanol–water partition coefficient (Wildman–Crippen LogP) is 5.25. The summed E-state index contributed by atoms with van der Waals surface area (Å²) in [5, 5.41) is 7.49. The van der Waals surface area contributed by atoms with E-state index in [0.29, 0.717) is 17.8 Å². The maximum absolute atomic E-state index is 13.6. The Morgan fingerprint density at radius 2 is 1.66 bits per heavy atom. The summed E-state index contributed by atoms with van der Waals surface area (Å²) in [6.45, 7) is 6.09. The average Bonchev–Trinajstić information content (AvgIpc) is 2.98. The van der Waals surface area contributed by atoms with E-state index < -0.39 is 16.2 Å². The van der Waals surface area contributed by atoms with Gasteiger partial charge in [0.1, 0.15) is 11.1 Å². The zero-order valence-corrected chi connectivity index (χ0v) is 18.3. The van der Waals surface area contributed by atoms with Gasteiger partial charge in [-0.3, -0.25) is 15.0 Å². The fourth-order valence-electron chi connectivity index (χ4n) is 4.90. The van der Waals surface area contributed by atoms with E-state index in [0.717, 1.165) is 16.6 Å². The van der Waals surface area contributed by atoms with Crippen molar-refractivity contribution in [1.82, 2.24) is 0 Å². The van der Waals surface area contributed by atoms with Crippen molar-refractivity contribution in [3.8, 4) is 0 Å². The minimum absolute atomic E-state index is 0.177. The van der Waals surface area contributed by atoms with E-state index in [1.165, 1.54) is 0 Å². The molecule has 0 radical (unpaired) electrons. The summed E-state index contributed by atoms with van der Waals surface area (Å²) in [5.74, 6) is -0.433. The molecule has 2 aliphatic rings. The molecule has 0 saturated heterocycles. The molecule has 2 saturated carbocycles. The van der Waals surface area contributed by atoms with Crippen LogP contribution < -0.4 is 10.7 Å². The summed E-state index contributed by atoms with van der Waals surface area (Å²) in [4.78, 5) is 27.1. The number of halogens is 1. The Bertz CT molecular complexity index is 1020. The van der Waals surface area contributed by atoms with Crippen molar-refractivity contribution >= 4 is 44.7 Å². The summed E-state index contributed by atoms with van der Waals surface area (Å²) in [6, 6.07) is 17.0. The van der Waals surface area contributed by atoms with Crippen LogP contribution in [0.3, 0.4) is 0 Å². The zero-order valence-electron chi connectivity index (χ0n) is 16.8. The molecule has 2 unspecified atom stereocenters. The van der Waals surface area contributed by atoms with E-state index in [1.807, 2.05) is 68.4 Å². The topological polar surface area (TPSA) is 70.6 Å². The molecule has 2 aromatic rings. The molecule has 0 aliphatic heterocycles. The number of carbonyl (C=O) groups excluding carboxylic acids is 2. The van der Waals surface area contributed by atoms with Crippen LogP contribution in [0.1, 0.15) is 33.6 Å². The molecule has 5 nitrogen and oxygen atoms in total. The number of benzene rings is 2. The Balaban J connectivity index is 1.71. The van der Waals surface area contributed by atoms with Crippen molar-refractivity contribution < 1.29 is 9.59 Å². The Hall–Kier alpha value is -2.47. The van der Waals surface area contributed by atoms with Gasteiger partial charge in [-0.2, -0.15) is 5.10 Å². The molecule has 150 valence electrons. The highest BCUT2D eigenvalue weighted by Crippen LogP contribution is 2.69. The number of anilines is 2. The SMILES string of the molecule is CC12CCC(C(=O)Nc3ccccc3Br)(C(=O)/C1=N\Nc1ccccc1)C2(C)C. The van der Waals surface area contributed by atoms with Crippen molar-refractivity contribution in [2.75, 3.05) is 10.7 Å². The van der Waals surface area contributed by atoms with Crippen LogP contribution in [-0.2, 0) is 9.59 Å². The van der Waals surface area contributed by atoms with Gasteiger partial charge in [0.05, 0.1) is 11.4 Å². The molecule has 2 atom stereocenters. The highest BCUT2D eigenvalue weighted by molar-refractivity contribution is 9.10. The van der Waals surface area contributed by atoms with Gasteiger partial charge in [0.25, 0.3) is 0 Å². The lowest BCUT2D eigenvalue weighted by atomic mass is 9.64. The molecule has 29 heavy (non-hydrogen) atoms. The van der Waals surface area contributed by atoms with Crippen LogP contribution in [-0.4, -0.2) is 17.4 Å². The van der Waals surface area contributed by atoms with Crippen LogP contribution in [0.15, 0.2) is 64.2 Å². The number of hydrogen-bond acceptors (Lipinski definition) is 4. The number of ketones is 1. The fourth-order valence-corrected chi connectivity index (χ4v) is 5.28. The lowest BCUT2D eigenvalue weighted by molar-refractivity contribution is -0.140. The Morgan fingerprint density at radius 3 is 2.34 bits per heavy atom. The molecule has 1 amide bonds. The average molecular weight is 454 g/mol. The first kappa shape index (κ1) is 19.8. The third kappa shape index (κ3) is 2.69. The first-order chi connectivity index (χ1) is 13.7. The maximum Gasteiger partial charge on any atom is 0.239 e. The van der Waals surface area contributed by atoms with Crippen LogP contribution in [0.4, 0.5) is 11.4 Å². The number of fused-ring (bicyclic) bond motifs is 2. The Labute approximate surface area is 179 Å². The van der Waals surface area contributed by atoms with Crippen LogP contribution in [0, 0.1) is 16.2 Å². The molecule has 2 aromatic carbocycles. The zero-order chi connectivity index (χ0) is 20.9. The summed E-state index contributed by atoms with van der Waals surface area (Å²) in [7, 11) is 0. The molecular formula is C23H24BrN3O2. The lowest BCUT2D eigenvalue weighted by Gasteiger charge is -2.37. The number of rotatable bonds is 4. The lowest BCUT2D eigenvalue weighted by Crippen LogP contribution is -2.47. The quantitative estimate of drug-likeness (QED) is 0.490. The van der Waals surface area contributed by atoms with E-state index in [4.69, 9.17) is 0 Å². The van der Waals surface area contributed by atoms with Gasteiger partial charge in [-0.05, 0) is 58.5 Å². The number of hydrogen-bond donors (Lipinski definition) is 2. The van der Waals surface area contributed by atoms with Gasteiger partial charge < -0.3 is 5.32 Å². The molecule has 2 fully saturated rings. The molecular weight excluding hydrogens is 430 g/mol. The third-order valence-corrected chi connectivity index (χ3v) is 7.84. The first-order valence-corrected chi connectivity index (χ1v) is 10.5. The highest BCUT2D eigenvalue weighted by Gasteiger charge is 2.76. The fraction of sp³-hybridized carbons (Fsp3) is 0.348. The number of nitrogens with zero attached hydrogens (tertiary/aromatic N) is 1.